The molecule has 2 amide bonds. The molecule has 0 saturated carbocycles. The van der Waals surface area contributed by atoms with E-state index in [0.29, 0.717) is 21.5 Å². The Hall–Kier alpha value is -2.05. The molecule has 22 heavy (non-hydrogen) atoms. The molecule has 0 atom stereocenters. The Morgan fingerprint density at radius 2 is 1.64 bits per heavy atom. The van der Waals surface area contributed by atoms with Crippen molar-refractivity contribution in [2.75, 3.05) is 16.4 Å². The summed E-state index contributed by atoms with van der Waals surface area (Å²) < 4.78 is 0.694. The van der Waals surface area contributed by atoms with Crippen LogP contribution in [0.2, 0.25) is 5.02 Å². The third kappa shape index (κ3) is 3.99. The van der Waals surface area contributed by atoms with E-state index in [1.165, 1.54) is 12.1 Å². The number of carbonyl (C=O) groups excluding carboxylic acids is 2. The zero-order chi connectivity index (χ0) is 16.3. The van der Waals surface area contributed by atoms with Gasteiger partial charge in [0.05, 0.1) is 16.4 Å². The van der Waals surface area contributed by atoms with Gasteiger partial charge < -0.3 is 16.4 Å². The van der Waals surface area contributed by atoms with Crippen LogP contribution in [0.3, 0.4) is 0 Å². The van der Waals surface area contributed by atoms with Crippen molar-refractivity contribution >= 4 is 56.4 Å². The average Bonchev–Trinajstić information content (AvgIpc) is 2.44. The first-order valence-electron chi connectivity index (χ1n) is 6.30. The summed E-state index contributed by atoms with van der Waals surface area (Å²) in [5, 5.41) is 5.22. The monoisotopic (exact) mass is 381 g/mol. The maximum Gasteiger partial charge on any atom is 0.314 e. The zero-order valence-electron chi connectivity index (χ0n) is 11.6. The Balaban J connectivity index is 2.07. The fourth-order valence-electron chi connectivity index (χ4n) is 1.71. The molecule has 2 rings (SSSR count). The molecule has 0 aliphatic rings. The minimum Gasteiger partial charge on any atom is -0.399 e. The average molecular weight is 383 g/mol. The number of nitrogens with two attached hydrogens (primary N) is 1. The van der Waals surface area contributed by atoms with Crippen LogP contribution in [-0.4, -0.2) is 11.8 Å². The third-order valence-corrected chi connectivity index (χ3v) is 3.79. The molecule has 0 unspecified atom stereocenters. The molecule has 0 saturated heterocycles. The first kappa shape index (κ1) is 16.3. The number of rotatable bonds is 2. The highest BCUT2D eigenvalue weighted by Crippen LogP contribution is 2.25. The molecule has 0 aromatic heterocycles. The fraction of sp³-hybridized carbons (Fsp3) is 0.0667. The summed E-state index contributed by atoms with van der Waals surface area (Å²) in [5.74, 6) is -1.61. The number of halogens is 2. The molecule has 2 aromatic rings. The molecular weight excluding hydrogens is 370 g/mol. The van der Waals surface area contributed by atoms with E-state index in [2.05, 4.69) is 26.6 Å². The third-order valence-electron chi connectivity index (χ3n) is 2.82. The molecule has 0 bridgehead atoms. The topological polar surface area (TPSA) is 84.2 Å². The Morgan fingerprint density at radius 1 is 1.05 bits per heavy atom. The Kier molecular flexibility index (Phi) is 5.05. The Morgan fingerprint density at radius 3 is 2.23 bits per heavy atom. The maximum absolute atomic E-state index is 11.9. The van der Waals surface area contributed by atoms with E-state index in [9.17, 15) is 9.59 Å². The highest BCUT2D eigenvalue weighted by atomic mass is 79.9. The molecule has 0 fully saturated rings. The summed E-state index contributed by atoms with van der Waals surface area (Å²) in [6, 6.07) is 9.98. The molecule has 0 aliphatic heterocycles. The van der Waals surface area contributed by atoms with Crippen molar-refractivity contribution in [2.45, 2.75) is 6.92 Å². The molecule has 114 valence electrons. The second-order valence-corrected chi connectivity index (χ2v) is 5.89. The summed E-state index contributed by atoms with van der Waals surface area (Å²) in [7, 11) is 0. The van der Waals surface area contributed by atoms with Gasteiger partial charge in [0.25, 0.3) is 0 Å². The lowest BCUT2D eigenvalue weighted by Crippen LogP contribution is -2.29. The van der Waals surface area contributed by atoms with E-state index in [1.807, 2.05) is 19.1 Å². The lowest BCUT2D eigenvalue weighted by Gasteiger charge is -2.10. The number of hydrogen-bond acceptors (Lipinski definition) is 3. The minimum atomic E-state index is -0.820. The van der Waals surface area contributed by atoms with Gasteiger partial charge in [0.1, 0.15) is 0 Å². The normalized spacial score (nSPS) is 10.1. The second-order valence-electron chi connectivity index (χ2n) is 4.63. The van der Waals surface area contributed by atoms with Gasteiger partial charge in [-0.05, 0) is 58.7 Å². The quantitative estimate of drug-likeness (QED) is 0.548. The van der Waals surface area contributed by atoms with E-state index in [4.69, 9.17) is 17.3 Å². The van der Waals surface area contributed by atoms with Gasteiger partial charge in [-0.2, -0.15) is 0 Å². The highest BCUT2D eigenvalue weighted by molar-refractivity contribution is 9.10. The fourth-order valence-corrected chi connectivity index (χ4v) is 2.54. The second kappa shape index (κ2) is 6.81. The number of aryl methyl sites for hydroxylation is 1. The lowest BCUT2D eigenvalue weighted by molar-refractivity contribution is -0.133. The molecule has 4 N–H and O–H groups in total. The van der Waals surface area contributed by atoms with Crippen LogP contribution >= 0.6 is 27.5 Å². The van der Waals surface area contributed by atoms with Gasteiger partial charge in [0.15, 0.2) is 0 Å². The van der Waals surface area contributed by atoms with Crippen LogP contribution < -0.4 is 16.4 Å². The van der Waals surface area contributed by atoms with E-state index < -0.39 is 11.8 Å². The van der Waals surface area contributed by atoms with E-state index >= 15 is 0 Å². The highest BCUT2D eigenvalue weighted by Gasteiger charge is 2.16. The Bertz CT molecular complexity index is 686. The van der Waals surface area contributed by atoms with Gasteiger partial charge >= 0.3 is 11.8 Å². The number of hydrogen-bond donors (Lipinski definition) is 3. The SMILES string of the molecule is Cc1ccc(NC(=O)C(=O)Nc2ccc(N)cc2Cl)c(Br)c1. The van der Waals surface area contributed by atoms with Crippen molar-refractivity contribution in [3.8, 4) is 0 Å². The molecule has 0 radical (unpaired) electrons. The summed E-state index contributed by atoms with van der Waals surface area (Å²) in [6.45, 7) is 1.92. The number of amides is 2. The molecule has 2 aromatic carbocycles. The molecular formula is C15H13BrClN3O2. The number of nitrogens with one attached hydrogen (secondary N) is 2. The molecule has 7 heteroatoms. The van der Waals surface area contributed by atoms with E-state index in [0.717, 1.165) is 5.56 Å². The van der Waals surface area contributed by atoms with Crippen molar-refractivity contribution in [1.29, 1.82) is 0 Å². The molecule has 0 heterocycles. The van der Waals surface area contributed by atoms with Crippen molar-refractivity contribution in [2.24, 2.45) is 0 Å². The van der Waals surface area contributed by atoms with Crippen LogP contribution in [0.5, 0.6) is 0 Å². The van der Waals surface area contributed by atoms with Gasteiger partial charge in [-0.1, -0.05) is 17.7 Å². The van der Waals surface area contributed by atoms with Crippen LogP contribution in [0.15, 0.2) is 40.9 Å². The summed E-state index contributed by atoms with van der Waals surface area (Å²) >= 11 is 9.28. The maximum atomic E-state index is 11.9. The lowest BCUT2D eigenvalue weighted by atomic mass is 10.2. The summed E-state index contributed by atoms with van der Waals surface area (Å²) in [5.41, 5.74) is 7.89. The Labute approximate surface area is 141 Å². The van der Waals surface area contributed by atoms with E-state index in [-0.39, 0.29) is 5.02 Å². The summed E-state index contributed by atoms with van der Waals surface area (Å²) in [6.07, 6.45) is 0. The van der Waals surface area contributed by atoms with Gasteiger partial charge in [-0.25, -0.2) is 0 Å². The van der Waals surface area contributed by atoms with Crippen LogP contribution in [0, 0.1) is 6.92 Å². The van der Waals surface area contributed by atoms with Gasteiger partial charge in [0, 0.05) is 10.2 Å². The van der Waals surface area contributed by atoms with Crippen molar-refractivity contribution in [3.05, 3.63) is 51.5 Å². The minimum absolute atomic E-state index is 0.262. The van der Waals surface area contributed by atoms with Crippen LogP contribution in [0.1, 0.15) is 5.56 Å². The van der Waals surface area contributed by atoms with Crippen molar-refractivity contribution in [1.82, 2.24) is 0 Å². The van der Waals surface area contributed by atoms with Gasteiger partial charge in [-0.15, -0.1) is 0 Å². The molecule has 0 aliphatic carbocycles. The van der Waals surface area contributed by atoms with Crippen molar-refractivity contribution < 1.29 is 9.59 Å². The first-order chi connectivity index (χ1) is 10.4. The zero-order valence-corrected chi connectivity index (χ0v) is 14.0. The van der Waals surface area contributed by atoms with Gasteiger partial charge in [0.2, 0.25) is 0 Å². The van der Waals surface area contributed by atoms with Crippen LogP contribution in [0.4, 0.5) is 17.1 Å². The largest absolute Gasteiger partial charge is 0.399 e. The number of carbonyl (C=O) groups is 2. The van der Waals surface area contributed by atoms with Crippen molar-refractivity contribution in [3.63, 3.8) is 0 Å². The van der Waals surface area contributed by atoms with Gasteiger partial charge in [-0.3, -0.25) is 9.59 Å². The molecule has 0 spiro atoms. The predicted molar refractivity (Wildman–Crippen MR) is 92.0 cm³/mol. The first-order valence-corrected chi connectivity index (χ1v) is 7.47. The summed E-state index contributed by atoms with van der Waals surface area (Å²) in [4.78, 5) is 23.8. The predicted octanol–water partition coefficient (Wildman–Crippen LogP) is 3.57. The van der Waals surface area contributed by atoms with Crippen LogP contribution in [0.25, 0.3) is 0 Å². The smallest absolute Gasteiger partial charge is 0.314 e. The molecule has 5 nitrogen and oxygen atoms in total. The number of nitrogen functional groups attached to an aromatic ring is 1. The van der Waals surface area contributed by atoms with E-state index in [1.54, 1.807) is 12.1 Å². The number of anilines is 3. The standard InChI is InChI=1S/C15H13BrClN3O2/c1-8-2-4-12(10(16)6-8)19-14(21)15(22)20-13-5-3-9(18)7-11(13)17/h2-7H,18H2,1H3,(H,19,21)(H,20,22). The van der Waals surface area contributed by atoms with Crippen LogP contribution in [-0.2, 0) is 9.59 Å². The number of benzene rings is 2.